The quantitative estimate of drug-likeness (QED) is 0.533. The van der Waals surface area contributed by atoms with E-state index in [2.05, 4.69) is 10.3 Å². The van der Waals surface area contributed by atoms with Gasteiger partial charge in [0.2, 0.25) is 0 Å². The van der Waals surface area contributed by atoms with Crippen LogP contribution < -0.4 is 5.32 Å². The van der Waals surface area contributed by atoms with Gasteiger partial charge in [0.1, 0.15) is 5.52 Å². The van der Waals surface area contributed by atoms with Crippen molar-refractivity contribution in [3.8, 4) is 0 Å². The van der Waals surface area contributed by atoms with Crippen molar-refractivity contribution in [2.75, 3.05) is 5.32 Å². The van der Waals surface area contributed by atoms with Gasteiger partial charge < -0.3 is 0 Å². The fraction of sp³-hybridized carbons (Fsp3) is 0. The van der Waals surface area contributed by atoms with Crippen molar-refractivity contribution in [1.29, 1.82) is 0 Å². The Morgan fingerprint density at radius 2 is 2.00 bits per heavy atom. The monoisotopic (exact) mass is 367 g/mol. The Labute approximate surface area is 143 Å². The topological polar surface area (TPSA) is 85.1 Å². The maximum absolute atomic E-state index is 12.3. The van der Waals surface area contributed by atoms with Crippen molar-refractivity contribution in [2.24, 2.45) is 0 Å². The summed E-state index contributed by atoms with van der Waals surface area (Å²) in [5.74, 6) is -0.575. The molecule has 0 bridgehead atoms. The van der Waals surface area contributed by atoms with Crippen LogP contribution in [0.4, 0.5) is 10.8 Å². The Bertz CT molecular complexity index is 942. The van der Waals surface area contributed by atoms with Crippen LogP contribution in [0.3, 0.4) is 0 Å². The molecule has 0 saturated heterocycles. The van der Waals surface area contributed by atoms with Crippen LogP contribution in [0.25, 0.3) is 10.2 Å². The predicted molar refractivity (Wildman–Crippen MR) is 90.7 cm³/mol. The van der Waals surface area contributed by atoms with Gasteiger partial charge in [-0.25, -0.2) is 4.98 Å². The van der Waals surface area contributed by atoms with Crippen LogP contribution in [-0.2, 0) is 0 Å². The maximum atomic E-state index is 12.3. The van der Waals surface area contributed by atoms with E-state index in [1.807, 2.05) is 6.07 Å². The number of carbonyl (C=O) groups excluding carboxylic acids is 1. The van der Waals surface area contributed by atoms with Crippen LogP contribution in [0.1, 0.15) is 10.4 Å². The van der Waals surface area contributed by atoms with Gasteiger partial charge in [-0.15, -0.1) is 0 Å². The number of hydrogen-bond acceptors (Lipinski definition) is 5. The van der Waals surface area contributed by atoms with E-state index >= 15 is 0 Å². The Morgan fingerprint density at radius 3 is 2.70 bits per heavy atom. The first-order valence-corrected chi connectivity index (χ1v) is 7.83. The maximum Gasteiger partial charge on any atom is 0.270 e. The summed E-state index contributed by atoms with van der Waals surface area (Å²) in [5.41, 5.74) is 0.373. The molecule has 1 aromatic heterocycles. The number of rotatable bonds is 3. The minimum absolute atomic E-state index is 0.00576. The van der Waals surface area contributed by atoms with Crippen molar-refractivity contribution < 1.29 is 9.72 Å². The van der Waals surface area contributed by atoms with Crippen LogP contribution in [0.5, 0.6) is 0 Å². The molecule has 0 spiro atoms. The van der Waals surface area contributed by atoms with Gasteiger partial charge in [0.25, 0.3) is 11.6 Å². The summed E-state index contributed by atoms with van der Waals surface area (Å²) in [4.78, 5) is 26.7. The number of anilines is 1. The molecule has 0 fully saturated rings. The van der Waals surface area contributed by atoms with Gasteiger partial charge in [-0.3, -0.25) is 20.2 Å². The zero-order valence-electron chi connectivity index (χ0n) is 11.2. The number of non-ortho nitro benzene ring substituents is 1. The van der Waals surface area contributed by atoms with E-state index in [1.165, 1.54) is 23.5 Å². The number of nitrogens with one attached hydrogen (secondary N) is 1. The first-order chi connectivity index (χ1) is 11.0. The summed E-state index contributed by atoms with van der Waals surface area (Å²) in [6.07, 6.45) is 0. The number of thiazole rings is 1. The SMILES string of the molecule is O=C(Nc1nc2c(Cl)cccc2s1)c1cc([N+](=O)[O-])ccc1Cl. The summed E-state index contributed by atoms with van der Waals surface area (Å²) in [6, 6.07) is 8.98. The highest BCUT2D eigenvalue weighted by atomic mass is 35.5. The summed E-state index contributed by atoms with van der Waals surface area (Å²) < 4.78 is 0.818. The molecule has 116 valence electrons. The van der Waals surface area contributed by atoms with Crippen LogP contribution >= 0.6 is 34.5 Å². The molecule has 0 atom stereocenters. The lowest BCUT2D eigenvalue weighted by Crippen LogP contribution is -2.12. The molecule has 0 saturated carbocycles. The number of nitro benzene ring substituents is 1. The molecular weight excluding hydrogens is 361 g/mol. The van der Waals surface area contributed by atoms with Gasteiger partial charge in [-0.1, -0.05) is 40.6 Å². The number of nitro groups is 1. The predicted octanol–water partition coefficient (Wildman–Crippen LogP) is 4.76. The fourth-order valence-corrected chi connectivity index (χ4v) is 3.30. The second-order valence-electron chi connectivity index (χ2n) is 4.48. The standard InChI is InChI=1S/C14H7Cl2N3O3S/c15-9-5-4-7(19(21)22)6-8(9)13(20)18-14-17-12-10(16)2-1-3-11(12)23-14/h1-6H,(H,17,18,20). The number of benzene rings is 2. The van der Waals surface area contributed by atoms with Crippen LogP contribution in [0, 0.1) is 10.1 Å². The van der Waals surface area contributed by atoms with Crippen molar-refractivity contribution >= 4 is 61.5 Å². The van der Waals surface area contributed by atoms with Crippen molar-refractivity contribution in [1.82, 2.24) is 4.98 Å². The zero-order valence-corrected chi connectivity index (χ0v) is 13.6. The minimum atomic E-state index is -0.593. The summed E-state index contributed by atoms with van der Waals surface area (Å²) in [7, 11) is 0. The average Bonchev–Trinajstić information content (AvgIpc) is 2.91. The van der Waals surface area contributed by atoms with Crippen molar-refractivity contribution in [3.63, 3.8) is 0 Å². The molecule has 2 aromatic carbocycles. The molecule has 0 aliphatic heterocycles. The van der Waals surface area contributed by atoms with E-state index in [9.17, 15) is 14.9 Å². The highest BCUT2D eigenvalue weighted by Gasteiger charge is 2.17. The molecule has 0 radical (unpaired) electrons. The van der Waals surface area contributed by atoms with Gasteiger partial charge in [-0.05, 0) is 18.2 Å². The third-order valence-electron chi connectivity index (χ3n) is 3.00. The molecule has 0 aliphatic rings. The molecule has 0 unspecified atom stereocenters. The Balaban J connectivity index is 1.93. The van der Waals surface area contributed by atoms with Crippen molar-refractivity contribution in [3.05, 3.63) is 62.1 Å². The lowest BCUT2D eigenvalue weighted by atomic mass is 10.2. The lowest BCUT2D eigenvalue weighted by Gasteiger charge is -2.03. The van der Waals surface area contributed by atoms with Crippen LogP contribution in [0.15, 0.2) is 36.4 Å². The third-order valence-corrected chi connectivity index (χ3v) is 4.57. The fourth-order valence-electron chi connectivity index (χ4n) is 1.93. The third kappa shape index (κ3) is 3.12. The molecular formula is C14H7Cl2N3O3S. The van der Waals surface area contributed by atoms with Gasteiger partial charge in [-0.2, -0.15) is 0 Å². The Kier molecular flexibility index (Phi) is 4.16. The molecule has 3 rings (SSSR count). The molecule has 3 aromatic rings. The Hall–Kier alpha value is -2.22. The van der Waals surface area contributed by atoms with E-state index in [1.54, 1.807) is 12.1 Å². The average molecular weight is 368 g/mol. The van der Waals surface area contributed by atoms with Gasteiger partial charge in [0.15, 0.2) is 5.13 Å². The molecule has 1 heterocycles. The number of amides is 1. The summed E-state index contributed by atoms with van der Waals surface area (Å²) in [5, 5.41) is 14.3. The molecule has 6 nitrogen and oxygen atoms in total. The smallest absolute Gasteiger partial charge is 0.270 e. The minimum Gasteiger partial charge on any atom is -0.298 e. The van der Waals surface area contributed by atoms with Crippen LogP contribution in [0.2, 0.25) is 10.0 Å². The summed E-state index contributed by atoms with van der Waals surface area (Å²) >= 11 is 13.2. The van der Waals surface area contributed by atoms with Crippen LogP contribution in [-0.4, -0.2) is 15.8 Å². The van der Waals surface area contributed by atoms with E-state index in [0.29, 0.717) is 15.7 Å². The number of hydrogen-bond donors (Lipinski definition) is 1. The highest BCUT2D eigenvalue weighted by molar-refractivity contribution is 7.22. The van der Waals surface area contributed by atoms with E-state index in [-0.39, 0.29) is 16.3 Å². The second kappa shape index (κ2) is 6.11. The number of aromatic nitrogens is 1. The number of para-hydroxylation sites is 1. The molecule has 9 heteroatoms. The van der Waals surface area contributed by atoms with Crippen molar-refractivity contribution in [2.45, 2.75) is 0 Å². The highest BCUT2D eigenvalue weighted by Crippen LogP contribution is 2.31. The lowest BCUT2D eigenvalue weighted by molar-refractivity contribution is -0.384. The van der Waals surface area contributed by atoms with E-state index < -0.39 is 10.8 Å². The van der Waals surface area contributed by atoms with Gasteiger partial charge >= 0.3 is 0 Å². The Morgan fingerprint density at radius 1 is 1.22 bits per heavy atom. The first kappa shape index (κ1) is 15.7. The largest absolute Gasteiger partial charge is 0.298 e. The van der Waals surface area contributed by atoms with E-state index in [0.717, 1.165) is 10.8 Å². The number of carbonyl (C=O) groups is 1. The van der Waals surface area contributed by atoms with Gasteiger partial charge in [0.05, 0.1) is 25.2 Å². The van der Waals surface area contributed by atoms with Gasteiger partial charge in [0, 0.05) is 12.1 Å². The molecule has 1 N–H and O–H groups in total. The number of nitrogens with zero attached hydrogens (tertiary/aromatic N) is 2. The van der Waals surface area contributed by atoms with E-state index in [4.69, 9.17) is 23.2 Å². The normalized spacial score (nSPS) is 10.7. The molecule has 0 aliphatic carbocycles. The number of fused-ring (bicyclic) bond motifs is 1. The molecule has 23 heavy (non-hydrogen) atoms. The number of halogens is 2. The summed E-state index contributed by atoms with van der Waals surface area (Å²) in [6.45, 7) is 0. The first-order valence-electron chi connectivity index (χ1n) is 6.26. The second-order valence-corrected chi connectivity index (χ2v) is 6.33. The molecule has 1 amide bonds. The zero-order chi connectivity index (χ0) is 16.6.